The lowest BCUT2D eigenvalue weighted by atomic mass is 10.1. The molecule has 6 heteroatoms. The highest BCUT2D eigenvalue weighted by Crippen LogP contribution is 2.11. The van der Waals surface area contributed by atoms with Gasteiger partial charge in [0.05, 0.1) is 11.6 Å². The van der Waals surface area contributed by atoms with E-state index in [1.54, 1.807) is 0 Å². The molecule has 2 aromatic rings. The molecule has 116 valence electrons. The summed E-state index contributed by atoms with van der Waals surface area (Å²) >= 11 is 2.15. The van der Waals surface area contributed by atoms with Gasteiger partial charge in [-0.1, -0.05) is 12.1 Å². The molecule has 0 unspecified atom stereocenters. The summed E-state index contributed by atoms with van der Waals surface area (Å²) in [6.45, 7) is 0. The lowest BCUT2D eigenvalue weighted by molar-refractivity contribution is -0.139. The first kappa shape index (κ1) is 17.0. The van der Waals surface area contributed by atoms with Crippen LogP contribution in [0.25, 0.3) is 0 Å². The molecule has 0 fully saturated rings. The Hall–Kier alpha value is -2.40. The number of nitrogens with one attached hydrogen (secondary N) is 1. The largest absolute Gasteiger partial charge is 0.480 e. The molecule has 0 aliphatic rings. The number of rotatable bonds is 5. The zero-order valence-electron chi connectivity index (χ0n) is 12.0. The fraction of sp³-hybridized carbons (Fsp3) is 0.118. The molecule has 2 rings (SSSR count). The van der Waals surface area contributed by atoms with Crippen LogP contribution in [0.5, 0.6) is 0 Å². The summed E-state index contributed by atoms with van der Waals surface area (Å²) in [5, 5.41) is 20.6. The summed E-state index contributed by atoms with van der Waals surface area (Å²) in [6, 6.07) is 14.4. The molecular weight excluding hydrogens is 407 g/mol. The Labute approximate surface area is 147 Å². The van der Waals surface area contributed by atoms with Crippen LogP contribution in [-0.2, 0) is 11.2 Å². The molecule has 0 saturated carbocycles. The van der Waals surface area contributed by atoms with Gasteiger partial charge in [-0.3, -0.25) is 4.79 Å². The van der Waals surface area contributed by atoms with Gasteiger partial charge in [-0.15, -0.1) is 0 Å². The standard InChI is InChI=1S/C17H13IN2O3/c18-14-3-1-2-12(8-14)9-15(17(22)23)20-16(21)13-6-4-11(10-19)5-7-13/h1-8,15H,9H2,(H,20,21)(H,22,23)/t15-/m1/s1. The van der Waals surface area contributed by atoms with Gasteiger partial charge in [0.2, 0.25) is 0 Å². The van der Waals surface area contributed by atoms with E-state index < -0.39 is 17.9 Å². The normalized spacial score (nSPS) is 11.3. The van der Waals surface area contributed by atoms with Crippen molar-refractivity contribution in [3.8, 4) is 6.07 Å². The van der Waals surface area contributed by atoms with Gasteiger partial charge in [0.1, 0.15) is 6.04 Å². The lowest BCUT2D eigenvalue weighted by Crippen LogP contribution is -2.42. The molecule has 1 atom stereocenters. The van der Waals surface area contributed by atoms with E-state index in [1.165, 1.54) is 24.3 Å². The number of carbonyl (C=O) groups is 2. The van der Waals surface area contributed by atoms with Gasteiger partial charge in [-0.05, 0) is 64.6 Å². The van der Waals surface area contributed by atoms with E-state index in [9.17, 15) is 14.7 Å². The number of benzene rings is 2. The summed E-state index contributed by atoms with van der Waals surface area (Å²) in [4.78, 5) is 23.6. The Morgan fingerprint density at radius 1 is 1.22 bits per heavy atom. The van der Waals surface area contributed by atoms with Gasteiger partial charge in [-0.2, -0.15) is 5.26 Å². The number of hydrogen-bond acceptors (Lipinski definition) is 3. The Morgan fingerprint density at radius 3 is 2.48 bits per heavy atom. The minimum absolute atomic E-state index is 0.203. The van der Waals surface area contributed by atoms with Crippen LogP contribution in [-0.4, -0.2) is 23.0 Å². The summed E-state index contributed by atoms with van der Waals surface area (Å²) in [6.07, 6.45) is 0.203. The maximum Gasteiger partial charge on any atom is 0.326 e. The van der Waals surface area contributed by atoms with E-state index in [-0.39, 0.29) is 6.42 Å². The van der Waals surface area contributed by atoms with E-state index in [0.29, 0.717) is 11.1 Å². The smallest absolute Gasteiger partial charge is 0.326 e. The second-order valence-corrected chi connectivity index (χ2v) is 6.13. The van der Waals surface area contributed by atoms with Crippen molar-refractivity contribution in [2.24, 2.45) is 0 Å². The molecule has 0 aliphatic carbocycles. The molecule has 0 radical (unpaired) electrons. The number of carboxylic acids is 1. The molecule has 2 aromatic carbocycles. The first-order valence-electron chi connectivity index (χ1n) is 6.78. The van der Waals surface area contributed by atoms with Crippen molar-refractivity contribution in [1.82, 2.24) is 5.32 Å². The molecule has 1 amide bonds. The summed E-state index contributed by atoms with van der Waals surface area (Å²) in [7, 11) is 0. The van der Waals surface area contributed by atoms with Crippen molar-refractivity contribution in [2.45, 2.75) is 12.5 Å². The average Bonchev–Trinajstić information content (AvgIpc) is 2.54. The fourth-order valence-corrected chi connectivity index (χ4v) is 2.65. The highest BCUT2D eigenvalue weighted by atomic mass is 127. The number of amides is 1. The molecular formula is C17H13IN2O3. The number of carbonyl (C=O) groups excluding carboxylic acids is 1. The topological polar surface area (TPSA) is 90.2 Å². The van der Waals surface area contributed by atoms with Crippen LogP contribution in [0.3, 0.4) is 0 Å². The van der Waals surface area contributed by atoms with Crippen LogP contribution in [0.15, 0.2) is 48.5 Å². The SMILES string of the molecule is N#Cc1ccc(C(=O)N[C@H](Cc2cccc(I)c2)C(=O)O)cc1. The van der Waals surface area contributed by atoms with Crippen molar-refractivity contribution in [2.75, 3.05) is 0 Å². The molecule has 23 heavy (non-hydrogen) atoms. The van der Waals surface area contributed by atoms with Crippen molar-refractivity contribution >= 4 is 34.5 Å². The molecule has 0 heterocycles. The third kappa shape index (κ3) is 4.79. The van der Waals surface area contributed by atoms with Crippen molar-refractivity contribution < 1.29 is 14.7 Å². The molecule has 0 aromatic heterocycles. The first-order chi connectivity index (χ1) is 11.0. The van der Waals surface area contributed by atoms with Gasteiger partial charge in [0.25, 0.3) is 5.91 Å². The number of carboxylic acid groups (broad SMARTS) is 1. The van der Waals surface area contributed by atoms with Gasteiger partial charge in [0.15, 0.2) is 0 Å². The Morgan fingerprint density at radius 2 is 1.91 bits per heavy atom. The number of nitriles is 1. The van der Waals surface area contributed by atoms with Gasteiger partial charge in [-0.25, -0.2) is 4.79 Å². The third-order valence-corrected chi connectivity index (χ3v) is 3.88. The third-order valence-electron chi connectivity index (χ3n) is 3.21. The molecule has 0 aliphatic heterocycles. The van der Waals surface area contributed by atoms with Gasteiger partial charge in [0, 0.05) is 15.6 Å². The second kappa shape index (κ2) is 7.74. The predicted molar refractivity (Wildman–Crippen MR) is 92.9 cm³/mol. The number of nitrogens with zero attached hydrogens (tertiary/aromatic N) is 1. The zero-order valence-corrected chi connectivity index (χ0v) is 14.1. The van der Waals surface area contributed by atoms with Crippen LogP contribution in [0.2, 0.25) is 0 Å². The minimum Gasteiger partial charge on any atom is -0.480 e. The number of hydrogen-bond donors (Lipinski definition) is 2. The molecule has 5 nitrogen and oxygen atoms in total. The molecule has 0 bridgehead atoms. The van der Waals surface area contributed by atoms with Crippen molar-refractivity contribution in [3.63, 3.8) is 0 Å². The van der Waals surface area contributed by atoms with Gasteiger partial charge >= 0.3 is 5.97 Å². The average molecular weight is 420 g/mol. The summed E-state index contributed by atoms with van der Waals surface area (Å²) in [5.74, 6) is -1.57. The second-order valence-electron chi connectivity index (χ2n) is 4.89. The molecule has 2 N–H and O–H groups in total. The van der Waals surface area contributed by atoms with E-state index >= 15 is 0 Å². The Balaban J connectivity index is 2.11. The van der Waals surface area contributed by atoms with Gasteiger partial charge < -0.3 is 10.4 Å². The maximum atomic E-state index is 12.2. The van der Waals surface area contributed by atoms with E-state index in [4.69, 9.17) is 5.26 Å². The lowest BCUT2D eigenvalue weighted by Gasteiger charge is -2.15. The highest BCUT2D eigenvalue weighted by Gasteiger charge is 2.21. The Kier molecular flexibility index (Phi) is 5.71. The van der Waals surface area contributed by atoms with Crippen LogP contribution >= 0.6 is 22.6 Å². The zero-order chi connectivity index (χ0) is 16.8. The minimum atomic E-state index is -1.09. The van der Waals surface area contributed by atoms with Crippen LogP contribution < -0.4 is 5.32 Å². The maximum absolute atomic E-state index is 12.2. The molecule has 0 saturated heterocycles. The number of halogens is 1. The van der Waals surface area contributed by atoms with E-state index in [0.717, 1.165) is 9.13 Å². The summed E-state index contributed by atoms with van der Waals surface area (Å²) < 4.78 is 1.00. The Bertz CT molecular complexity index is 766. The van der Waals surface area contributed by atoms with Crippen LogP contribution in [0.1, 0.15) is 21.5 Å². The van der Waals surface area contributed by atoms with Crippen LogP contribution in [0.4, 0.5) is 0 Å². The first-order valence-corrected chi connectivity index (χ1v) is 7.86. The van der Waals surface area contributed by atoms with Crippen molar-refractivity contribution in [1.29, 1.82) is 5.26 Å². The van der Waals surface area contributed by atoms with E-state index in [1.807, 2.05) is 30.3 Å². The monoisotopic (exact) mass is 420 g/mol. The quantitative estimate of drug-likeness (QED) is 0.728. The van der Waals surface area contributed by atoms with Crippen LogP contribution in [0, 0.1) is 14.9 Å². The summed E-state index contributed by atoms with van der Waals surface area (Å²) in [5.41, 5.74) is 1.59. The fourth-order valence-electron chi connectivity index (χ4n) is 2.04. The highest BCUT2D eigenvalue weighted by molar-refractivity contribution is 14.1. The van der Waals surface area contributed by atoms with Crippen molar-refractivity contribution in [3.05, 3.63) is 68.8 Å². The molecule has 0 spiro atoms. The number of aliphatic carboxylic acids is 1. The van der Waals surface area contributed by atoms with E-state index in [2.05, 4.69) is 27.9 Å². The predicted octanol–water partition coefficient (Wildman–Crippen LogP) is 2.59.